The van der Waals surface area contributed by atoms with Gasteiger partial charge in [0.2, 0.25) is 0 Å². The third-order valence-corrected chi connectivity index (χ3v) is 4.12. The Kier molecular flexibility index (Phi) is 19.9. The summed E-state index contributed by atoms with van der Waals surface area (Å²) in [6.45, 7) is 33.3. The Labute approximate surface area is 207 Å². The number of hydrogen-bond acceptors (Lipinski definition) is 3. The van der Waals surface area contributed by atoms with Crippen LogP contribution in [0.15, 0.2) is 52.2 Å². The minimum Gasteiger partial charge on any atom is -0.289 e. The summed E-state index contributed by atoms with van der Waals surface area (Å²) in [6.07, 6.45) is 12.1. The standard InChI is InChI=1S/2C8H13N.C7H12N2.3C2H6/c1-8(2,3)7-4-5-9-6-7;1-8(2,3)7-5-4-6-9-7;1-7(2,3)9-6-4-5-8-9;3*1-2/h4,6H,5H2,1-3H3;4-5H,6H2,1-3H3;4-6H,1-3H3;3*1-2H3. The number of aliphatic imine (C=N–C) groups is 2. The smallest absolute Gasteiger partial charge is 0.0577 e. The molecule has 3 rings (SSSR count). The first-order valence-electron chi connectivity index (χ1n) is 12.7. The average Bonchev–Trinajstić information content (AvgIpc) is 3.55. The summed E-state index contributed by atoms with van der Waals surface area (Å²) in [7, 11) is 0. The van der Waals surface area contributed by atoms with Crippen LogP contribution in [0.3, 0.4) is 0 Å². The first-order chi connectivity index (χ1) is 15.3. The Morgan fingerprint density at radius 1 is 0.758 bits per heavy atom. The van der Waals surface area contributed by atoms with Crippen molar-refractivity contribution in [2.45, 2.75) is 109 Å². The second-order valence-corrected chi connectivity index (χ2v) is 9.90. The van der Waals surface area contributed by atoms with Crippen molar-refractivity contribution in [1.82, 2.24) is 9.78 Å². The van der Waals surface area contributed by atoms with Gasteiger partial charge >= 0.3 is 0 Å². The molecule has 192 valence electrons. The van der Waals surface area contributed by atoms with Crippen molar-refractivity contribution in [2.75, 3.05) is 13.1 Å². The van der Waals surface area contributed by atoms with Gasteiger partial charge in [0.15, 0.2) is 0 Å². The quantitative estimate of drug-likeness (QED) is 0.381. The van der Waals surface area contributed by atoms with Gasteiger partial charge in [-0.15, -0.1) is 0 Å². The molecule has 0 atom stereocenters. The van der Waals surface area contributed by atoms with Gasteiger partial charge in [0.1, 0.15) is 0 Å². The molecule has 0 aromatic carbocycles. The summed E-state index contributed by atoms with van der Waals surface area (Å²) < 4.78 is 1.94. The molecular formula is C29H56N4. The average molecular weight is 461 g/mol. The lowest BCUT2D eigenvalue weighted by atomic mass is 9.88. The highest BCUT2D eigenvalue weighted by atomic mass is 15.3. The molecule has 0 radical (unpaired) electrons. The molecule has 2 aliphatic heterocycles. The molecule has 0 saturated heterocycles. The van der Waals surface area contributed by atoms with Gasteiger partial charge in [0.05, 0.1) is 18.6 Å². The predicted molar refractivity (Wildman–Crippen MR) is 153 cm³/mol. The summed E-state index contributed by atoms with van der Waals surface area (Å²) >= 11 is 0. The van der Waals surface area contributed by atoms with E-state index in [4.69, 9.17) is 0 Å². The van der Waals surface area contributed by atoms with E-state index in [1.54, 1.807) is 6.20 Å². The van der Waals surface area contributed by atoms with Gasteiger partial charge in [-0.3, -0.25) is 14.7 Å². The zero-order valence-corrected chi connectivity index (χ0v) is 24.7. The monoisotopic (exact) mass is 460 g/mol. The molecule has 0 amide bonds. The SMILES string of the molecule is CC.CC.CC.CC(C)(C)C1=CCN=C1.CC(C)(C)C1=NCC=C1.CC(C)(C)n1cccn1. The Bertz CT molecular complexity index is 643. The Morgan fingerprint density at radius 3 is 1.48 bits per heavy atom. The maximum absolute atomic E-state index is 4.31. The molecule has 0 aliphatic carbocycles. The van der Waals surface area contributed by atoms with E-state index in [1.807, 2.05) is 64.7 Å². The third-order valence-electron chi connectivity index (χ3n) is 4.12. The Morgan fingerprint density at radius 2 is 1.30 bits per heavy atom. The van der Waals surface area contributed by atoms with Gasteiger partial charge in [-0.1, -0.05) is 95.2 Å². The highest BCUT2D eigenvalue weighted by Gasteiger charge is 2.17. The summed E-state index contributed by atoms with van der Waals surface area (Å²) in [6, 6.07) is 1.94. The van der Waals surface area contributed by atoms with Crippen molar-refractivity contribution in [3.63, 3.8) is 0 Å². The molecule has 0 N–H and O–H groups in total. The molecule has 3 heterocycles. The fraction of sp³-hybridized carbons (Fsp3) is 0.690. The molecule has 4 heteroatoms. The van der Waals surface area contributed by atoms with Crippen LogP contribution in [0.2, 0.25) is 0 Å². The van der Waals surface area contributed by atoms with Crippen LogP contribution in [0.5, 0.6) is 0 Å². The second-order valence-electron chi connectivity index (χ2n) is 9.90. The van der Waals surface area contributed by atoms with Crippen molar-refractivity contribution < 1.29 is 0 Å². The van der Waals surface area contributed by atoms with E-state index in [2.05, 4.69) is 95.6 Å². The fourth-order valence-corrected chi connectivity index (χ4v) is 2.38. The molecule has 0 bridgehead atoms. The van der Waals surface area contributed by atoms with Gasteiger partial charge in [-0.25, -0.2) is 0 Å². The molecule has 4 nitrogen and oxygen atoms in total. The van der Waals surface area contributed by atoms with E-state index in [0.717, 1.165) is 13.1 Å². The van der Waals surface area contributed by atoms with Crippen LogP contribution < -0.4 is 0 Å². The number of hydrogen-bond donors (Lipinski definition) is 0. The van der Waals surface area contributed by atoms with E-state index in [-0.39, 0.29) is 11.0 Å². The van der Waals surface area contributed by atoms with Crippen LogP contribution >= 0.6 is 0 Å². The lowest BCUT2D eigenvalue weighted by molar-refractivity contribution is 0.355. The van der Waals surface area contributed by atoms with Crippen LogP contribution in [0.1, 0.15) is 104 Å². The van der Waals surface area contributed by atoms with Crippen molar-refractivity contribution in [2.24, 2.45) is 20.8 Å². The molecular weight excluding hydrogens is 404 g/mol. The first-order valence-corrected chi connectivity index (χ1v) is 12.7. The summed E-state index contributed by atoms with van der Waals surface area (Å²) in [4.78, 5) is 8.43. The van der Waals surface area contributed by atoms with Gasteiger partial charge in [0.25, 0.3) is 0 Å². The largest absolute Gasteiger partial charge is 0.289 e. The zero-order chi connectivity index (χ0) is 26.7. The molecule has 33 heavy (non-hydrogen) atoms. The molecule has 0 unspecified atom stereocenters. The molecule has 1 aromatic rings. The summed E-state index contributed by atoms with van der Waals surface area (Å²) in [5, 5.41) is 4.10. The lowest BCUT2D eigenvalue weighted by Gasteiger charge is -2.18. The van der Waals surface area contributed by atoms with Crippen molar-refractivity contribution in [3.8, 4) is 0 Å². The minimum atomic E-state index is 0.128. The Hall–Kier alpha value is -1.97. The van der Waals surface area contributed by atoms with E-state index in [9.17, 15) is 0 Å². The normalized spacial score (nSPS) is 13.8. The van der Waals surface area contributed by atoms with Crippen molar-refractivity contribution >= 4 is 11.9 Å². The number of aromatic nitrogens is 2. The molecule has 0 fully saturated rings. The van der Waals surface area contributed by atoms with Gasteiger partial charge in [0, 0.05) is 29.7 Å². The number of nitrogens with zero attached hydrogens (tertiary/aromatic N) is 4. The highest BCUT2D eigenvalue weighted by Crippen LogP contribution is 2.25. The molecule has 0 saturated carbocycles. The third kappa shape index (κ3) is 17.2. The van der Waals surface area contributed by atoms with Crippen LogP contribution in [0.25, 0.3) is 0 Å². The van der Waals surface area contributed by atoms with E-state index < -0.39 is 0 Å². The highest BCUT2D eigenvalue weighted by molar-refractivity contribution is 6.00. The maximum Gasteiger partial charge on any atom is 0.0577 e. The van der Waals surface area contributed by atoms with E-state index in [0.29, 0.717) is 5.41 Å². The predicted octanol–water partition coefficient (Wildman–Crippen LogP) is 8.80. The van der Waals surface area contributed by atoms with Crippen LogP contribution in [0, 0.1) is 10.8 Å². The summed E-state index contributed by atoms with van der Waals surface area (Å²) in [5.41, 5.74) is 3.25. The Balaban J connectivity index is -0.000000367. The van der Waals surface area contributed by atoms with Gasteiger partial charge < -0.3 is 0 Å². The fourth-order valence-electron chi connectivity index (χ4n) is 2.38. The topological polar surface area (TPSA) is 42.5 Å². The minimum absolute atomic E-state index is 0.128. The van der Waals surface area contributed by atoms with Crippen LogP contribution in [0.4, 0.5) is 0 Å². The van der Waals surface area contributed by atoms with Gasteiger partial charge in [-0.05, 0) is 43.9 Å². The zero-order valence-electron chi connectivity index (χ0n) is 24.7. The van der Waals surface area contributed by atoms with E-state index in [1.165, 1.54) is 11.3 Å². The summed E-state index contributed by atoms with van der Waals surface area (Å²) in [5.74, 6) is 0. The second kappa shape index (κ2) is 18.5. The van der Waals surface area contributed by atoms with Crippen LogP contribution in [-0.2, 0) is 5.54 Å². The van der Waals surface area contributed by atoms with Gasteiger partial charge in [-0.2, -0.15) is 5.10 Å². The number of allylic oxidation sites excluding steroid dienone is 2. The van der Waals surface area contributed by atoms with Crippen molar-refractivity contribution in [3.05, 3.63) is 42.3 Å². The number of rotatable bonds is 0. The molecule has 0 spiro atoms. The van der Waals surface area contributed by atoms with Crippen LogP contribution in [-0.4, -0.2) is 34.8 Å². The lowest BCUT2D eigenvalue weighted by Crippen LogP contribution is -2.21. The van der Waals surface area contributed by atoms with Crippen molar-refractivity contribution in [1.29, 1.82) is 0 Å². The van der Waals surface area contributed by atoms with E-state index >= 15 is 0 Å². The first kappa shape index (κ1) is 35.6. The maximum atomic E-state index is 4.31. The molecule has 1 aromatic heterocycles. The molecule has 2 aliphatic rings.